The van der Waals surface area contributed by atoms with Crippen LogP contribution >= 0.6 is 19.6 Å². The van der Waals surface area contributed by atoms with Crippen LogP contribution in [0, 0.1) is 0 Å². The molecule has 0 aliphatic rings. The summed E-state index contributed by atoms with van der Waals surface area (Å²) in [7, 11) is -0.199. The van der Waals surface area contributed by atoms with Crippen molar-refractivity contribution in [1.82, 2.24) is 0 Å². The van der Waals surface area contributed by atoms with Gasteiger partial charge in [-0.25, -0.2) is 0 Å². The van der Waals surface area contributed by atoms with Gasteiger partial charge in [-0.1, -0.05) is 11.6 Å². The summed E-state index contributed by atoms with van der Waals surface area (Å²) >= 11 is 5.04. The first kappa shape index (κ1) is 6.35. The van der Waals surface area contributed by atoms with E-state index in [0.717, 1.165) is 0 Å². The molecule has 0 aliphatic carbocycles. The third kappa shape index (κ3) is 2.58. The van der Waals surface area contributed by atoms with Gasteiger partial charge in [0.05, 0.1) is 7.11 Å². The number of hydrogen-bond acceptors (Lipinski definition) is 2. The number of alkyl halides is 1. The van der Waals surface area contributed by atoms with Crippen LogP contribution in [-0.2, 0) is 9.09 Å². The third-order valence-electron chi connectivity index (χ3n) is 0.301. The number of hydrogen-bond donors (Lipinski definition) is 0. The molecular formula is C2H5ClO2P+. The molecule has 0 aromatic carbocycles. The topological polar surface area (TPSA) is 26.3 Å². The molecule has 0 spiro atoms. The lowest BCUT2D eigenvalue weighted by atomic mass is 11.8. The van der Waals surface area contributed by atoms with Crippen LogP contribution in [0.25, 0.3) is 0 Å². The molecule has 0 saturated heterocycles. The van der Waals surface area contributed by atoms with Gasteiger partial charge in [0.1, 0.15) is 0 Å². The van der Waals surface area contributed by atoms with Crippen LogP contribution in [-0.4, -0.2) is 12.7 Å². The Balaban J connectivity index is 2.99. The lowest BCUT2D eigenvalue weighted by molar-refractivity contribution is 0.418. The second-order valence-electron chi connectivity index (χ2n) is 0.635. The monoisotopic (exact) mass is 127 g/mol. The normalized spacial score (nSPS) is 11.3. The summed E-state index contributed by atoms with van der Waals surface area (Å²) in [6, 6.07) is 0. The van der Waals surface area contributed by atoms with Crippen molar-refractivity contribution in [2.45, 2.75) is 0 Å². The van der Waals surface area contributed by atoms with Gasteiger partial charge in [0.15, 0.2) is 0 Å². The third-order valence-corrected chi connectivity index (χ3v) is 1.49. The smallest absolute Gasteiger partial charge is 0.149 e. The summed E-state index contributed by atoms with van der Waals surface area (Å²) < 4.78 is 14.3. The fraction of sp³-hybridized carbons (Fsp3) is 1.00. The molecule has 0 saturated carbocycles. The second kappa shape index (κ2) is 3.54. The van der Waals surface area contributed by atoms with Gasteiger partial charge in [-0.05, 0) is 4.57 Å². The zero-order valence-electron chi connectivity index (χ0n) is 3.35. The Morgan fingerprint density at radius 2 is 2.50 bits per heavy atom. The zero-order valence-corrected chi connectivity index (χ0v) is 5.00. The maximum absolute atomic E-state index is 9.97. The van der Waals surface area contributed by atoms with Crippen molar-refractivity contribution >= 4 is 19.6 Å². The van der Waals surface area contributed by atoms with E-state index in [1.54, 1.807) is 0 Å². The van der Waals surface area contributed by atoms with Gasteiger partial charge >= 0.3 is 8.03 Å². The molecule has 0 heterocycles. The highest BCUT2D eigenvalue weighted by molar-refractivity contribution is 7.41. The van der Waals surface area contributed by atoms with E-state index in [2.05, 4.69) is 4.52 Å². The first-order chi connectivity index (χ1) is 2.81. The van der Waals surface area contributed by atoms with Crippen molar-refractivity contribution < 1.29 is 9.09 Å². The Kier molecular flexibility index (Phi) is 3.74. The van der Waals surface area contributed by atoms with Crippen LogP contribution in [0.1, 0.15) is 0 Å². The van der Waals surface area contributed by atoms with Gasteiger partial charge in [-0.2, -0.15) is 0 Å². The molecule has 0 rings (SSSR count). The van der Waals surface area contributed by atoms with Crippen LogP contribution in [0.3, 0.4) is 0 Å². The van der Waals surface area contributed by atoms with Crippen LogP contribution in [0.5, 0.6) is 0 Å². The maximum Gasteiger partial charge on any atom is 0.524 e. The van der Waals surface area contributed by atoms with Gasteiger partial charge in [0.25, 0.3) is 5.62 Å². The highest BCUT2D eigenvalue weighted by Crippen LogP contribution is 2.20. The molecule has 0 aromatic rings. The minimum Gasteiger partial charge on any atom is -0.149 e. The van der Waals surface area contributed by atoms with E-state index in [1.807, 2.05) is 0 Å². The SMILES string of the molecule is CO[P+](=O)CCl. The van der Waals surface area contributed by atoms with Crippen molar-refractivity contribution in [3.05, 3.63) is 0 Å². The average molecular weight is 127 g/mol. The maximum atomic E-state index is 9.97. The van der Waals surface area contributed by atoms with Crippen LogP contribution in [0.2, 0.25) is 0 Å². The number of rotatable bonds is 2. The van der Waals surface area contributed by atoms with E-state index < -0.39 is 8.03 Å². The Hall–Kier alpha value is 0.350. The molecule has 2 nitrogen and oxygen atoms in total. The molecule has 36 valence electrons. The van der Waals surface area contributed by atoms with Crippen molar-refractivity contribution in [2.75, 3.05) is 12.7 Å². The molecule has 6 heavy (non-hydrogen) atoms. The fourth-order valence-corrected chi connectivity index (χ4v) is 0.439. The van der Waals surface area contributed by atoms with Crippen molar-refractivity contribution in [1.29, 1.82) is 0 Å². The summed E-state index contributed by atoms with van der Waals surface area (Å²) in [5, 5.41) is 0. The molecule has 0 fully saturated rings. The van der Waals surface area contributed by atoms with E-state index in [4.69, 9.17) is 11.6 Å². The second-order valence-corrected chi connectivity index (χ2v) is 2.62. The molecule has 0 aromatic heterocycles. The summed E-state index contributed by atoms with van der Waals surface area (Å²) in [6.45, 7) is 0. The fourth-order valence-electron chi connectivity index (χ4n) is 0.0488. The van der Waals surface area contributed by atoms with E-state index >= 15 is 0 Å². The average Bonchev–Trinajstić information content (AvgIpc) is 1.65. The van der Waals surface area contributed by atoms with Crippen molar-refractivity contribution in [3.8, 4) is 0 Å². The van der Waals surface area contributed by atoms with Crippen molar-refractivity contribution in [2.24, 2.45) is 0 Å². The van der Waals surface area contributed by atoms with Crippen LogP contribution in [0.15, 0.2) is 0 Å². The molecule has 1 unspecified atom stereocenters. The summed E-state index contributed by atoms with van der Waals surface area (Å²) in [5.74, 6) is 0. The molecule has 1 atom stereocenters. The minimum absolute atomic E-state index is 0.0891. The van der Waals surface area contributed by atoms with Gasteiger partial charge < -0.3 is 0 Å². The van der Waals surface area contributed by atoms with Crippen LogP contribution < -0.4 is 0 Å². The predicted octanol–water partition coefficient (Wildman–Crippen LogP) is 1.57. The summed E-state index contributed by atoms with van der Waals surface area (Å²) in [6.07, 6.45) is 0. The van der Waals surface area contributed by atoms with E-state index in [9.17, 15) is 4.57 Å². The molecular weight excluding hydrogens is 122 g/mol. The highest BCUT2D eigenvalue weighted by atomic mass is 35.5. The van der Waals surface area contributed by atoms with Gasteiger partial charge in [-0.3, -0.25) is 0 Å². The van der Waals surface area contributed by atoms with E-state index in [-0.39, 0.29) is 5.62 Å². The lowest BCUT2D eigenvalue weighted by Crippen LogP contribution is -1.63. The molecule has 4 heteroatoms. The minimum atomic E-state index is -1.56. The Labute approximate surface area is 42.3 Å². The Morgan fingerprint density at radius 3 is 2.50 bits per heavy atom. The lowest BCUT2D eigenvalue weighted by Gasteiger charge is -1.65. The first-order valence-electron chi connectivity index (χ1n) is 1.36. The van der Waals surface area contributed by atoms with E-state index in [1.165, 1.54) is 7.11 Å². The van der Waals surface area contributed by atoms with Gasteiger partial charge in [0, 0.05) is 0 Å². The summed E-state index contributed by atoms with van der Waals surface area (Å²) in [5.41, 5.74) is 0.0891. The predicted molar refractivity (Wildman–Crippen MR) is 25.3 cm³/mol. The highest BCUT2D eigenvalue weighted by Gasteiger charge is 2.08. The zero-order chi connectivity index (χ0) is 4.99. The van der Waals surface area contributed by atoms with Crippen LogP contribution in [0.4, 0.5) is 0 Å². The quantitative estimate of drug-likeness (QED) is 0.416. The van der Waals surface area contributed by atoms with E-state index in [0.29, 0.717) is 0 Å². The van der Waals surface area contributed by atoms with Gasteiger partial charge in [-0.15, -0.1) is 4.52 Å². The Bertz CT molecular complexity index is 49.5. The largest absolute Gasteiger partial charge is 0.524 e. The number of halogens is 1. The molecule has 0 N–H and O–H groups in total. The molecule has 0 radical (unpaired) electrons. The Morgan fingerprint density at radius 1 is 2.00 bits per heavy atom. The molecule has 0 aliphatic heterocycles. The first-order valence-corrected chi connectivity index (χ1v) is 3.25. The standard InChI is InChI=1S/C2H5ClO2P/c1-5-6(4)2-3/h2H2,1H3/q+1. The molecule has 0 amide bonds. The molecule has 0 bridgehead atoms. The van der Waals surface area contributed by atoms with Gasteiger partial charge in [0.2, 0.25) is 0 Å². The summed E-state index contributed by atoms with van der Waals surface area (Å²) in [4.78, 5) is 0. The van der Waals surface area contributed by atoms with Crippen molar-refractivity contribution in [3.63, 3.8) is 0 Å².